The molecule has 0 aliphatic heterocycles. The SMILES string of the molecule is [Cr+6].[Na+].[Na+].[O-2].[O-2].[O-2].[O-2]. The fourth-order valence-corrected chi connectivity index (χ4v) is 0. The molecule has 0 bridgehead atoms. The Labute approximate surface area is 97.0 Å². The van der Waals surface area contributed by atoms with E-state index >= 15 is 0 Å². The standard InChI is InChI=1S/Cr.2Na.4O/q+6;2*+1;4*-2. The van der Waals surface area contributed by atoms with Gasteiger partial charge in [-0.25, -0.2) is 0 Å². The van der Waals surface area contributed by atoms with Crippen LogP contribution in [-0.4, -0.2) is 0 Å². The molecule has 32 valence electrons. The Kier molecular flexibility index (Phi) is 1350. The summed E-state index contributed by atoms with van der Waals surface area (Å²) < 4.78 is 0. The Morgan fingerprint density at radius 3 is 0.429 bits per heavy atom. The van der Waals surface area contributed by atoms with Crippen molar-refractivity contribution in [3.8, 4) is 0 Å². The molecule has 0 aromatic rings. The minimum atomic E-state index is 0. The van der Waals surface area contributed by atoms with Gasteiger partial charge < -0.3 is 21.9 Å². The molecular weight excluding hydrogens is 162 g/mol. The fourth-order valence-electron chi connectivity index (χ4n) is 0. The normalized spacial score (nSPS) is 0. The van der Waals surface area contributed by atoms with Crippen LogP contribution >= 0.6 is 0 Å². The summed E-state index contributed by atoms with van der Waals surface area (Å²) in [4.78, 5) is 0. The molecule has 0 atom stereocenters. The zero-order valence-corrected chi connectivity index (χ0v) is 9.32. The van der Waals surface area contributed by atoms with Gasteiger partial charge in [0.15, 0.2) is 0 Å². The van der Waals surface area contributed by atoms with E-state index < -0.39 is 0 Å². The van der Waals surface area contributed by atoms with Crippen LogP contribution in [-0.2, 0) is 39.3 Å². The van der Waals surface area contributed by atoms with Crippen molar-refractivity contribution in [2.75, 3.05) is 0 Å². The monoisotopic (exact) mass is 162 g/mol. The third-order valence-electron chi connectivity index (χ3n) is 0. The quantitative estimate of drug-likeness (QED) is 0.315. The van der Waals surface area contributed by atoms with E-state index in [0.717, 1.165) is 0 Å². The number of hydrogen-bond acceptors (Lipinski definition) is 0. The van der Waals surface area contributed by atoms with Gasteiger partial charge in [-0.15, -0.1) is 0 Å². The molecule has 4 nitrogen and oxygen atoms in total. The largest absolute Gasteiger partial charge is 6.00 e. The van der Waals surface area contributed by atoms with E-state index in [0.29, 0.717) is 0 Å². The summed E-state index contributed by atoms with van der Waals surface area (Å²) in [7, 11) is 0. The molecule has 0 radical (unpaired) electrons. The molecule has 0 rings (SSSR count). The molecule has 0 N–H and O–H groups in total. The van der Waals surface area contributed by atoms with E-state index in [4.69, 9.17) is 0 Å². The van der Waals surface area contributed by atoms with Crippen LogP contribution in [0.5, 0.6) is 0 Å². The van der Waals surface area contributed by atoms with Crippen molar-refractivity contribution in [2.24, 2.45) is 0 Å². The zero-order chi connectivity index (χ0) is 0. The van der Waals surface area contributed by atoms with Crippen molar-refractivity contribution in [1.29, 1.82) is 0 Å². The summed E-state index contributed by atoms with van der Waals surface area (Å²) in [6.45, 7) is 0. The predicted octanol–water partition coefficient (Wildman–Crippen LogP) is -6.47. The molecule has 0 aliphatic rings. The summed E-state index contributed by atoms with van der Waals surface area (Å²) in [5, 5.41) is 0. The Bertz CT molecular complexity index is 9.65. The van der Waals surface area contributed by atoms with Gasteiger partial charge in [-0.05, 0) is 0 Å². The van der Waals surface area contributed by atoms with E-state index in [1.807, 2.05) is 0 Å². The van der Waals surface area contributed by atoms with Crippen LogP contribution in [0.3, 0.4) is 0 Å². The van der Waals surface area contributed by atoms with Gasteiger partial charge in [-0.2, -0.15) is 0 Å². The molecule has 7 heteroatoms. The van der Waals surface area contributed by atoms with Crippen molar-refractivity contribution < 1.29 is 98.4 Å². The van der Waals surface area contributed by atoms with Crippen LogP contribution in [0.2, 0.25) is 0 Å². The average Bonchev–Trinajstić information content (AvgIpc) is 0. The van der Waals surface area contributed by atoms with Gasteiger partial charge in [0, 0.05) is 0 Å². The van der Waals surface area contributed by atoms with Crippen molar-refractivity contribution in [1.82, 2.24) is 0 Å². The molecule has 0 aliphatic carbocycles. The molecule has 0 aromatic heterocycles. The Morgan fingerprint density at radius 1 is 0.429 bits per heavy atom. The molecule has 0 unspecified atom stereocenters. The Morgan fingerprint density at radius 2 is 0.429 bits per heavy atom. The molecule has 0 fully saturated rings. The Balaban J connectivity index is 0. The first-order chi connectivity index (χ1) is 0. The number of rotatable bonds is 0. The predicted molar refractivity (Wildman–Crippen MR) is 2.75 cm³/mol. The third-order valence-corrected chi connectivity index (χ3v) is 0. The molecule has 0 amide bonds. The van der Waals surface area contributed by atoms with Gasteiger partial charge in [0.25, 0.3) is 0 Å². The topological polar surface area (TPSA) is 114 Å². The van der Waals surface area contributed by atoms with Crippen molar-refractivity contribution in [3.05, 3.63) is 0 Å². The van der Waals surface area contributed by atoms with Crippen LogP contribution in [0, 0.1) is 0 Å². The molecule has 0 saturated heterocycles. The van der Waals surface area contributed by atoms with E-state index in [2.05, 4.69) is 0 Å². The summed E-state index contributed by atoms with van der Waals surface area (Å²) in [6, 6.07) is 0. The average molecular weight is 162 g/mol. The molecule has 0 spiro atoms. The van der Waals surface area contributed by atoms with Crippen LogP contribution in [0.1, 0.15) is 0 Å². The van der Waals surface area contributed by atoms with Crippen LogP contribution in [0.15, 0.2) is 0 Å². The van der Waals surface area contributed by atoms with Crippen molar-refractivity contribution in [3.63, 3.8) is 0 Å². The first kappa shape index (κ1) is 117. The van der Waals surface area contributed by atoms with E-state index in [-0.39, 0.29) is 98.4 Å². The first-order valence-electron chi connectivity index (χ1n) is 0. The van der Waals surface area contributed by atoms with E-state index in [9.17, 15) is 0 Å². The Hall–Kier alpha value is 2.37. The van der Waals surface area contributed by atoms with Gasteiger partial charge >= 0.3 is 76.5 Å². The molecule has 0 heterocycles. The van der Waals surface area contributed by atoms with Crippen LogP contribution < -0.4 is 59.1 Å². The number of hydrogen-bond donors (Lipinski definition) is 0. The van der Waals surface area contributed by atoms with Gasteiger partial charge in [0.2, 0.25) is 0 Å². The van der Waals surface area contributed by atoms with Gasteiger partial charge in [-0.1, -0.05) is 0 Å². The molecule has 7 heavy (non-hydrogen) atoms. The second kappa shape index (κ2) is 80.8. The molecular formula is CrNa2O4. The second-order valence-corrected chi connectivity index (χ2v) is 0. The minimum Gasteiger partial charge on any atom is -2.00 e. The van der Waals surface area contributed by atoms with Gasteiger partial charge in [0.05, 0.1) is 0 Å². The van der Waals surface area contributed by atoms with E-state index in [1.165, 1.54) is 0 Å². The van der Waals surface area contributed by atoms with Crippen LogP contribution in [0.25, 0.3) is 0 Å². The molecule has 0 saturated carbocycles. The molecule has 0 aromatic carbocycles. The summed E-state index contributed by atoms with van der Waals surface area (Å²) in [6.07, 6.45) is 0. The van der Waals surface area contributed by atoms with Crippen molar-refractivity contribution in [2.45, 2.75) is 0 Å². The van der Waals surface area contributed by atoms with Gasteiger partial charge in [0.1, 0.15) is 0 Å². The van der Waals surface area contributed by atoms with E-state index in [1.54, 1.807) is 0 Å². The second-order valence-electron chi connectivity index (χ2n) is 0. The maximum absolute atomic E-state index is 0. The summed E-state index contributed by atoms with van der Waals surface area (Å²) in [5.41, 5.74) is 0. The minimum absolute atomic E-state index is 0. The van der Waals surface area contributed by atoms with Gasteiger partial charge in [-0.3, -0.25) is 0 Å². The first-order valence-corrected chi connectivity index (χ1v) is 0. The smallest absolute Gasteiger partial charge is 2.00 e. The summed E-state index contributed by atoms with van der Waals surface area (Å²) in [5.74, 6) is 0. The third kappa shape index (κ3) is 60.4. The van der Waals surface area contributed by atoms with Crippen molar-refractivity contribution >= 4 is 0 Å². The zero-order valence-electron chi connectivity index (χ0n) is 4.04. The maximum Gasteiger partial charge on any atom is 6.00 e. The maximum atomic E-state index is 0. The van der Waals surface area contributed by atoms with Crippen LogP contribution in [0.4, 0.5) is 0 Å². The fraction of sp³-hybridized carbons (Fsp3) is 0. The summed E-state index contributed by atoms with van der Waals surface area (Å²) >= 11 is 0.